The van der Waals surface area contributed by atoms with Gasteiger partial charge in [0.05, 0.1) is 32.9 Å². The molecule has 0 aliphatic carbocycles. The van der Waals surface area contributed by atoms with E-state index in [2.05, 4.69) is 36.5 Å². The van der Waals surface area contributed by atoms with E-state index >= 15 is 0 Å². The van der Waals surface area contributed by atoms with Gasteiger partial charge in [-0.2, -0.15) is 0 Å². The van der Waals surface area contributed by atoms with Crippen LogP contribution in [0, 0.1) is 0 Å². The Bertz CT molecular complexity index is 891. The fourth-order valence-electron chi connectivity index (χ4n) is 3.98. The molecular formula is C21H35N6O2S+. The molecule has 0 N–H and O–H groups in total. The smallest absolute Gasteiger partial charge is 0.357 e. The molecule has 166 valence electrons. The number of aromatic nitrogens is 1. The molecule has 0 unspecified atom stereocenters. The SMILES string of the molecule is CCCCCCCN1CC[N+](C)=C1N=Nc1cnc(N2CCCC2)cc1S(C)(=O)=O. The maximum Gasteiger partial charge on any atom is 0.412 e. The van der Waals surface area contributed by atoms with E-state index in [0.717, 1.165) is 57.9 Å². The molecule has 0 amide bonds. The van der Waals surface area contributed by atoms with E-state index < -0.39 is 9.84 Å². The van der Waals surface area contributed by atoms with Crippen molar-refractivity contribution in [2.24, 2.45) is 10.2 Å². The largest absolute Gasteiger partial charge is 0.412 e. The average Bonchev–Trinajstić information content (AvgIpc) is 3.36. The third kappa shape index (κ3) is 5.77. The van der Waals surface area contributed by atoms with E-state index in [0.29, 0.717) is 11.5 Å². The number of nitrogens with zero attached hydrogens (tertiary/aromatic N) is 6. The summed E-state index contributed by atoms with van der Waals surface area (Å²) in [6.45, 7) is 6.81. The summed E-state index contributed by atoms with van der Waals surface area (Å²) in [6, 6.07) is 1.64. The fourth-order valence-corrected chi connectivity index (χ4v) is 4.77. The van der Waals surface area contributed by atoms with Gasteiger partial charge < -0.3 is 4.90 Å². The lowest BCUT2D eigenvalue weighted by Gasteiger charge is -2.17. The molecule has 8 nitrogen and oxygen atoms in total. The predicted octanol–water partition coefficient (Wildman–Crippen LogP) is 3.45. The van der Waals surface area contributed by atoms with Gasteiger partial charge in [-0.1, -0.05) is 37.7 Å². The Morgan fingerprint density at radius 3 is 2.53 bits per heavy atom. The number of pyridine rings is 1. The quantitative estimate of drug-likeness (QED) is 0.337. The van der Waals surface area contributed by atoms with Gasteiger partial charge in [-0.3, -0.25) is 9.48 Å². The van der Waals surface area contributed by atoms with Crippen molar-refractivity contribution in [2.45, 2.75) is 56.8 Å². The minimum absolute atomic E-state index is 0.190. The second kappa shape index (κ2) is 10.3. The molecule has 1 saturated heterocycles. The van der Waals surface area contributed by atoms with Crippen LogP contribution < -0.4 is 4.90 Å². The van der Waals surface area contributed by atoms with Gasteiger partial charge in [-0.25, -0.2) is 13.4 Å². The molecule has 0 bridgehead atoms. The first-order valence-electron chi connectivity index (χ1n) is 11.1. The summed E-state index contributed by atoms with van der Waals surface area (Å²) in [6.07, 6.45) is 11.1. The van der Waals surface area contributed by atoms with E-state index in [1.165, 1.54) is 38.1 Å². The van der Waals surface area contributed by atoms with Crippen molar-refractivity contribution in [3.8, 4) is 0 Å². The third-order valence-corrected chi connectivity index (χ3v) is 6.90. The molecule has 3 heterocycles. The first kappa shape index (κ1) is 22.7. The molecule has 3 rings (SSSR count). The number of guanidine groups is 1. The maximum absolute atomic E-state index is 12.4. The average molecular weight is 436 g/mol. The minimum Gasteiger partial charge on any atom is -0.357 e. The van der Waals surface area contributed by atoms with E-state index in [4.69, 9.17) is 0 Å². The number of unbranched alkanes of at least 4 members (excludes halogenated alkanes) is 4. The van der Waals surface area contributed by atoms with Gasteiger partial charge in [0.15, 0.2) is 9.84 Å². The molecule has 9 heteroatoms. The van der Waals surface area contributed by atoms with E-state index in [1.54, 1.807) is 6.07 Å². The lowest BCUT2D eigenvalue weighted by atomic mass is 10.1. The molecule has 1 aromatic rings. The van der Waals surface area contributed by atoms with Crippen molar-refractivity contribution in [1.29, 1.82) is 0 Å². The Hall–Kier alpha value is -2.03. The first-order chi connectivity index (χ1) is 14.4. The van der Waals surface area contributed by atoms with Gasteiger partial charge in [0.25, 0.3) is 0 Å². The van der Waals surface area contributed by atoms with Gasteiger partial charge in [-0.05, 0) is 19.3 Å². The summed E-state index contributed by atoms with van der Waals surface area (Å²) in [7, 11) is -1.44. The first-order valence-corrected chi connectivity index (χ1v) is 13.0. The normalized spacial score (nSPS) is 17.7. The van der Waals surface area contributed by atoms with Crippen LogP contribution >= 0.6 is 0 Å². The third-order valence-electron chi connectivity index (χ3n) is 5.77. The van der Waals surface area contributed by atoms with E-state index in [1.807, 2.05) is 7.05 Å². The van der Waals surface area contributed by atoms with Crippen LogP contribution in [0.15, 0.2) is 27.4 Å². The zero-order valence-electron chi connectivity index (χ0n) is 18.5. The van der Waals surface area contributed by atoms with Gasteiger partial charge in [0.1, 0.15) is 16.4 Å². The van der Waals surface area contributed by atoms with Crippen LogP contribution in [-0.4, -0.2) is 74.9 Å². The Labute approximate surface area is 180 Å². The van der Waals surface area contributed by atoms with Crippen LogP contribution in [0.2, 0.25) is 0 Å². The number of hydrogen-bond donors (Lipinski definition) is 0. The number of rotatable bonds is 9. The van der Waals surface area contributed by atoms with Crippen LogP contribution in [-0.2, 0) is 9.84 Å². The zero-order valence-corrected chi connectivity index (χ0v) is 19.4. The lowest BCUT2D eigenvalue weighted by Crippen LogP contribution is -2.28. The summed E-state index contributed by atoms with van der Waals surface area (Å²) in [4.78, 5) is 9.02. The maximum atomic E-state index is 12.4. The molecule has 30 heavy (non-hydrogen) atoms. The van der Waals surface area contributed by atoms with Crippen LogP contribution in [0.25, 0.3) is 0 Å². The molecule has 0 atom stereocenters. The molecule has 1 aromatic heterocycles. The van der Waals surface area contributed by atoms with Crippen LogP contribution in [0.1, 0.15) is 51.9 Å². The topological polar surface area (TPSA) is 81.2 Å². The number of likely N-dealkylation sites (N-methyl/N-ethyl adjacent to an activating group) is 1. The van der Waals surface area contributed by atoms with Gasteiger partial charge in [-0.15, -0.1) is 0 Å². The number of anilines is 1. The highest BCUT2D eigenvalue weighted by Crippen LogP contribution is 2.29. The van der Waals surface area contributed by atoms with Crippen LogP contribution in [0.5, 0.6) is 0 Å². The molecule has 2 aliphatic heterocycles. The number of azo groups is 1. The monoisotopic (exact) mass is 435 g/mol. The van der Waals surface area contributed by atoms with Crippen LogP contribution in [0.3, 0.4) is 0 Å². The van der Waals surface area contributed by atoms with Crippen molar-refractivity contribution < 1.29 is 13.0 Å². The molecule has 0 aromatic carbocycles. The standard InChI is InChI=1S/C21H35N6O2S/c1-4-5-6-7-8-13-27-15-14-25(2)21(27)24-23-18-17-22-20(26-11-9-10-12-26)16-19(18)30(3,28)29/h16-17H,4-15H2,1-3H3/q+1. The predicted molar refractivity (Wildman–Crippen MR) is 120 cm³/mol. The molecule has 1 fully saturated rings. The zero-order chi connectivity index (χ0) is 21.6. The van der Waals surface area contributed by atoms with Crippen LogP contribution in [0.4, 0.5) is 11.5 Å². The Morgan fingerprint density at radius 1 is 1.10 bits per heavy atom. The molecule has 2 aliphatic rings. The fraction of sp³-hybridized carbons (Fsp3) is 0.714. The number of hydrogen-bond acceptors (Lipinski definition) is 7. The number of sulfone groups is 1. The minimum atomic E-state index is -3.44. The molecule has 0 spiro atoms. The van der Waals surface area contributed by atoms with Crippen molar-refractivity contribution in [1.82, 2.24) is 9.88 Å². The molecular weight excluding hydrogens is 400 g/mol. The van der Waals surface area contributed by atoms with Crippen molar-refractivity contribution >= 4 is 27.3 Å². The molecule has 0 saturated carbocycles. The second-order valence-electron chi connectivity index (χ2n) is 8.30. The Balaban J connectivity index is 1.75. The summed E-state index contributed by atoms with van der Waals surface area (Å²) >= 11 is 0. The van der Waals surface area contributed by atoms with Gasteiger partial charge in [0.2, 0.25) is 0 Å². The Kier molecular flexibility index (Phi) is 7.80. The molecule has 0 radical (unpaired) electrons. The second-order valence-corrected chi connectivity index (χ2v) is 10.3. The van der Waals surface area contributed by atoms with E-state index in [-0.39, 0.29) is 4.90 Å². The lowest BCUT2D eigenvalue weighted by molar-refractivity contribution is -0.487. The highest BCUT2D eigenvalue weighted by atomic mass is 32.2. The van der Waals surface area contributed by atoms with Crippen molar-refractivity contribution in [2.75, 3.05) is 50.9 Å². The summed E-state index contributed by atoms with van der Waals surface area (Å²) < 4.78 is 26.9. The van der Waals surface area contributed by atoms with E-state index in [9.17, 15) is 8.42 Å². The Morgan fingerprint density at radius 2 is 1.83 bits per heavy atom. The van der Waals surface area contributed by atoms with Gasteiger partial charge >= 0.3 is 5.96 Å². The summed E-state index contributed by atoms with van der Waals surface area (Å²) in [5, 5.41) is 8.77. The summed E-state index contributed by atoms with van der Waals surface area (Å²) in [5.74, 6) is 1.50. The van der Waals surface area contributed by atoms with Crippen molar-refractivity contribution in [3.63, 3.8) is 0 Å². The van der Waals surface area contributed by atoms with Crippen molar-refractivity contribution in [3.05, 3.63) is 12.3 Å². The summed E-state index contributed by atoms with van der Waals surface area (Å²) in [5.41, 5.74) is 0.302. The highest BCUT2D eigenvalue weighted by molar-refractivity contribution is 7.90. The van der Waals surface area contributed by atoms with Gasteiger partial charge in [0, 0.05) is 30.5 Å². The highest BCUT2D eigenvalue weighted by Gasteiger charge is 2.29.